The van der Waals surface area contributed by atoms with Crippen LogP contribution in [0.5, 0.6) is 0 Å². The predicted molar refractivity (Wildman–Crippen MR) is 83.7 cm³/mol. The van der Waals surface area contributed by atoms with Gasteiger partial charge in [-0.2, -0.15) is 0 Å². The largest absolute Gasteiger partial charge is 0.297 e. The third kappa shape index (κ3) is 3.49. The molecule has 0 bridgehead atoms. The van der Waals surface area contributed by atoms with E-state index >= 15 is 0 Å². The summed E-state index contributed by atoms with van der Waals surface area (Å²) in [6.07, 6.45) is 4.55. The molecule has 0 radical (unpaired) electrons. The van der Waals surface area contributed by atoms with E-state index in [1.807, 2.05) is 18.2 Å². The number of rotatable bonds is 8. The first kappa shape index (κ1) is 15.2. The summed E-state index contributed by atoms with van der Waals surface area (Å²) in [4.78, 5) is 15.3. The Hall–Kier alpha value is -1.15. The number of hydrogen-bond donors (Lipinski definition) is 0. The van der Waals surface area contributed by atoms with Crippen LogP contribution in [0.4, 0.5) is 0 Å². The standard InChI is InChI=1S/C18H27NO/c1-4-9-14(3)18(20)17(15-10-7-6-8-11-15)19(5-2)16-12-13-16/h6-8,10-11,14,16-17H,4-5,9,12-13H2,1-3H3/t14?,17-/m1/s1. The zero-order valence-corrected chi connectivity index (χ0v) is 13.0. The number of ketones is 1. The van der Waals surface area contributed by atoms with Crippen molar-refractivity contribution in [2.75, 3.05) is 6.54 Å². The molecule has 0 N–H and O–H groups in total. The van der Waals surface area contributed by atoms with Crippen molar-refractivity contribution < 1.29 is 4.79 Å². The second-order valence-corrected chi connectivity index (χ2v) is 5.97. The minimum absolute atomic E-state index is 0.0461. The van der Waals surface area contributed by atoms with Gasteiger partial charge in [0.05, 0.1) is 6.04 Å². The molecule has 20 heavy (non-hydrogen) atoms. The number of carbonyl (C=O) groups is 1. The molecule has 0 saturated heterocycles. The molecule has 1 fully saturated rings. The molecule has 2 heteroatoms. The summed E-state index contributed by atoms with van der Waals surface area (Å²) < 4.78 is 0. The highest BCUT2D eigenvalue weighted by Gasteiger charge is 2.38. The molecule has 0 heterocycles. The zero-order valence-electron chi connectivity index (χ0n) is 13.0. The fourth-order valence-electron chi connectivity index (χ4n) is 3.06. The van der Waals surface area contributed by atoms with Crippen LogP contribution in [-0.2, 0) is 4.79 Å². The van der Waals surface area contributed by atoms with Gasteiger partial charge < -0.3 is 0 Å². The van der Waals surface area contributed by atoms with Gasteiger partial charge in [0.25, 0.3) is 0 Å². The molecule has 0 amide bonds. The number of hydrogen-bond acceptors (Lipinski definition) is 2. The molecule has 0 aromatic heterocycles. The summed E-state index contributed by atoms with van der Waals surface area (Å²) in [5, 5.41) is 0. The maximum atomic E-state index is 12.9. The molecule has 2 atom stereocenters. The average Bonchev–Trinajstić information content (AvgIpc) is 3.29. The van der Waals surface area contributed by atoms with E-state index in [1.54, 1.807) is 0 Å². The van der Waals surface area contributed by atoms with Crippen molar-refractivity contribution in [3.8, 4) is 0 Å². The van der Waals surface area contributed by atoms with Crippen molar-refractivity contribution >= 4 is 5.78 Å². The lowest BCUT2D eigenvalue weighted by Gasteiger charge is -2.32. The number of nitrogens with zero attached hydrogens (tertiary/aromatic N) is 1. The molecule has 1 aromatic carbocycles. The van der Waals surface area contributed by atoms with Crippen molar-refractivity contribution in [2.45, 2.75) is 58.5 Å². The van der Waals surface area contributed by atoms with Crippen molar-refractivity contribution in [2.24, 2.45) is 5.92 Å². The van der Waals surface area contributed by atoms with Gasteiger partial charge in [0.2, 0.25) is 0 Å². The van der Waals surface area contributed by atoms with Gasteiger partial charge in [0.15, 0.2) is 5.78 Å². The van der Waals surface area contributed by atoms with E-state index in [9.17, 15) is 4.79 Å². The Bertz CT molecular complexity index is 424. The Morgan fingerprint density at radius 1 is 1.25 bits per heavy atom. The molecule has 2 nitrogen and oxygen atoms in total. The van der Waals surface area contributed by atoms with E-state index in [-0.39, 0.29) is 12.0 Å². The van der Waals surface area contributed by atoms with E-state index in [4.69, 9.17) is 0 Å². The van der Waals surface area contributed by atoms with Gasteiger partial charge in [-0.05, 0) is 31.4 Å². The summed E-state index contributed by atoms with van der Waals surface area (Å²) in [6, 6.07) is 10.9. The van der Waals surface area contributed by atoms with Gasteiger partial charge in [0.1, 0.15) is 0 Å². The van der Waals surface area contributed by atoms with Crippen LogP contribution in [0.1, 0.15) is 58.1 Å². The second-order valence-electron chi connectivity index (χ2n) is 5.97. The highest BCUT2D eigenvalue weighted by atomic mass is 16.1. The van der Waals surface area contributed by atoms with E-state index in [2.05, 4.69) is 37.8 Å². The van der Waals surface area contributed by atoms with Gasteiger partial charge in [0, 0.05) is 12.0 Å². The highest BCUT2D eigenvalue weighted by molar-refractivity contribution is 5.87. The predicted octanol–water partition coefficient (Wildman–Crippen LogP) is 4.22. The summed E-state index contributed by atoms with van der Waals surface area (Å²) in [6.45, 7) is 7.36. The number of benzene rings is 1. The summed E-state index contributed by atoms with van der Waals surface area (Å²) >= 11 is 0. The minimum Gasteiger partial charge on any atom is -0.297 e. The van der Waals surface area contributed by atoms with Gasteiger partial charge in [-0.15, -0.1) is 0 Å². The first-order valence-electron chi connectivity index (χ1n) is 8.03. The van der Waals surface area contributed by atoms with Crippen molar-refractivity contribution in [3.05, 3.63) is 35.9 Å². The minimum atomic E-state index is -0.0461. The van der Waals surface area contributed by atoms with Crippen molar-refractivity contribution in [1.82, 2.24) is 4.90 Å². The van der Waals surface area contributed by atoms with E-state index < -0.39 is 0 Å². The summed E-state index contributed by atoms with van der Waals surface area (Å²) in [7, 11) is 0. The van der Waals surface area contributed by atoms with E-state index in [1.165, 1.54) is 12.8 Å². The lowest BCUT2D eigenvalue weighted by molar-refractivity contribution is -0.128. The van der Waals surface area contributed by atoms with Gasteiger partial charge in [-0.25, -0.2) is 0 Å². The lowest BCUT2D eigenvalue weighted by Crippen LogP contribution is -2.38. The summed E-state index contributed by atoms with van der Waals surface area (Å²) in [5.41, 5.74) is 1.16. The Morgan fingerprint density at radius 2 is 1.90 bits per heavy atom. The number of carbonyl (C=O) groups excluding carboxylic acids is 1. The Kier molecular flexibility index (Phi) is 5.36. The summed E-state index contributed by atoms with van der Waals surface area (Å²) in [5.74, 6) is 0.546. The molecule has 0 spiro atoms. The maximum absolute atomic E-state index is 12.9. The van der Waals surface area contributed by atoms with Crippen LogP contribution < -0.4 is 0 Å². The Balaban J connectivity index is 2.26. The van der Waals surface area contributed by atoms with Crippen molar-refractivity contribution in [1.29, 1.82) is 0 Å². The number of Topliss-reactive ketones (excluding diaryl/α,β-unsaturated/α-hetero) is 1. The molecule has 1 aromatic rings. The zero-order chi connectivity index (χ0) is 14.5. The Labute approximate surface area is 123 Å². The molecular formula is C18H27NO. The molecule has 1 aliphatic carbocycles. The van der Waals surface area contributed by atoms with Gasteiger partial charge >= 0.3 is 0 Å². The smallest absolute Gasteiger partial charge is 0.157 e. The third-order valence-corrected chi connectivity index (χ3v) is 4.30. The monoisotopic (exact) mass is 273 g/mol. The molecule has 0 aliphatic heterocycles. The molecule has 1 aliphatic rings. The van der Waals surface area contributed by atoms with Crippen LogP contribution in [-0.4, -0.2) is 23.3 Å². The van der Waals surface area contributed by atoms with Gasteiger partial charge in [-0.3, -0.25) is 9.69 Å². The molecule has 2 rings (SSSR count). The Morgan fingerprint density at radius 3 is 2.40 bits per heavy atom. The second kappa shape index (κ2) is 7.03. The first-order valence-corrected chi connectivity index (χ1v) is 8.03. The average molecular weight is 273 g/mol. The molecule has 1 unspecified atom stereocenters. The lowest BCUT2D eigenvalue weighted by atomic mass is 9.90. The molecule has 1 saturated carbocycles. The van der Waals surface area contributed by atoms with Crippen LogP contribution >= 0.6 is 0 Å². The highest BCUT2D eigenvalue weighted by Crippen LogP contribution is 2.36. The quantitative estimate of drug-likeness (QED) is 0.707. The van der Waals surface area contributed by atoms with Crippen LogP contribution in [0.15, 0.2) is 30.3 Å². The normalized spacial score (nSPS) is 18.0. The van der Waals surface area contributed by atoms with Crippen LogP contribution in [0.25, 0.3) is 0 Å². The fraction of sp³-hybridized carbons (Fsp3) is 0.611. The third-order valence-electron chi connectivity index (χ3n) is 4.30. The van der Waals surface area contributed by atoms with Gasteiger partial charge in [-0.1, -0.05) is 57.5 Å². The van der Waals surface area contributed by atoms with E-state index in [0.29, 0.717) is 11.8 Å². The first-order chi connectivity index (χ1) is 9.69. The fourth-order valence-corrected chi connectivity index (χ4v) is 3.06. The SMILES string of the molecule is CCCC(C)C(=O)[C@@H](c1ccccc1)N(CC)C1CC1. The van der Waals surface area contributed by atoms with Crippen LogP contribution in [0, 0.1) is 5.92 Å². The molecule has 110 valence electrons. The van der Waals surface area contributed by atoms with Crippen LogP contribution in [0.3, 0.4) is 0 Å². The number of likely N-dealkylation sites (N-methyl/N-ethyl adjacent to an activating group) is 1. The topological polar surface area (TPSA) is 20.3 Å². The van der Waals surface area contributed by atoms with E-state index in [0.717, 1.165) is 24.9 Å². The van der Waals surface area contributed by atoms with Crippen molar-refractivity contribution in [3.63, 3.8) is 0 Å². The molecular weight excluding hydrogens is 246 g/mol. The van der Waals surface area contributed by atoms with Crippen LogP contribution in [0.2, 0.25) is 0 Å². The maximum Gasteiger partial charge on any atom is 0.157 e.